The van der Waals surface area contributed by atoms with Crippen molar-refractivity contribution >= 4 is 5.78 Å². The first-order chi connectivity index (χ1) is 18.3. The predicted molar refractivity (Wildman–Crippen MR) is 162 cm³/mol. The molecule has 3 aliphatic carbocycles. The number of allylic oxidation sites excluding steroid dienone is 5. The van der Waals surface area contributed by atoms with Crippen LogP contribution in [-0.2, 0) is 4.79 Å². The molecule has 3 saturated carbocycles. The van der Waals surface area contributed by atoms with Crippen LogP contribution in [0.4, 0.5) is 0 Å². The van der Waals surface area contributed by atoms with Gasteiger partial charge in [-0.3, -0.25) is 4.79 Å². The Labute approximate surface area is 233 Å². The minimum absolute atomic E-state index is 0.0101. The molecule has 0 aliphatic heterocycles. The molecule has 3 heteroatoms. The molecule has 0 aromatic rings. The molecule has 3 fully saturated rings. The van der Waals surface area contributed by atoms with Crippen molar-refractivity contribution in [1.82, 2.24) is 0 Å². The Morgan fingerprint density at radius 1 is 1.11 bits per heavy atom. The van der Waals surface area contributed by atoms with E-state index < -0.39 is 6.10 Å². The van der Waals surface area contributed by atoms with Crippen molar-refractivity contribution in [3.8, 4) is 0 Å². The number of hydrogen-bond acceptors (Lipinski definition) is 3. The molecule has 6 atom stereocenters. The highest BCUT2D eigenvalue weighted by Crippen LogP contribution is 2.58. The summed E-state index contributed by atoms with van der Waals surface area (Å²) in [6.07, 6.45) is 24.9. The van der Waals surface area contributed by atoms with Gasteiger partial charge in [0.2, 0.25) is 0 Å². The van der Waals surface area contributed by atoms with Crippen LogP contribution in [0.2, 0.25) is 0 Å². The number of carbonyl (C=O) groups is 1. The number of ketones is 1. The van der Waals surface area contributed by atoms with Crippen LogP contribution in [0, 0.1) is 23.2 Å². The first-order valence-electron chi connectivity index (χ1n) is 15.6. The van der Waals surface area contributed by atoms with Gasteiger partial charge in [0.15, 0.2) is 5.78 Å². The van der Waals surface area contributed by atoms with Crippen molar-refractivity contribution in [1.29, 1.82) is 0 Å². The summed E-state index contributed by atoms with van der Waals surface area (Å²) in [5, 5.41) is 20.9. The van der Waals surface area contributed by atoms with Crippen molar-refractivity contribution in [2.75, 3.05) is 0 Å². The Balaban J connectivity index is 0.00000247. The maximum absolute atomic E-state index is 12.0. The minimum Gasteiger partial charge on any atom is -0.388 e. The quantitative estimate of drug-likeness (QED) is 0.210. The van der Waals surface area contributed by atoms with Gasteiger partial charge in [0.25, 0.3) is 0 Å². The molecule has 3 rings (SSSR count). The Morgan fingerprint density at radius 3 is 2.58 bits per heavy atom. The fraction of sp³-hybridized carbons (Fsp3) is 0.686. The van der Waals surface area contributed by atoms with E-state index in [1.807, 2.05) is 26.0 Å². The van der Waals surface area contributed by atoms with Crippen LogP contribution >= 0.6 is 0 Å². The Kier molecular flexibility index (Phi) is 14.0. The number of aliphatic hydroxyl groups is 2. The number of hydrogen-bond donors (Lipinski definition) is 2. The third-order valence-electron chi connectivity index (χ3n) is 9.37. The van der Waals surface area contributed by atoms with Crippen LogP contribution in [0.5, 0.6) is 0 Å². The molecular weight excluding hydrogens is 468 g/mol. The summed E-state index contributed by atoms with van der Waals surface area (Å²) in [7, 11) is 0. The second-order valence-electron chi connectivity index (χ2n) is 11.7. The molecule has 3 aliphatic rings. The number of rotatable bonds is 11. The molecule has 0 spiro atoms. The van der Waals surface area contributed by atoms with Crippen molar-refractivity contribution in [2.24, 2.45) is 23.2 Å². The largest absolute Gasteiger partial charge is 0.388 e. The van der Waals surface area contributed by atoms with E-state index in [0.717, 1.165) is 50.5 Å². The van der Waals surface area contributed by atoms with Gasteiger partial charge in [-0.25, -0.2) is 0 Å². The number of aliphatic hydroxyl groups excluding tert-OH is 2. The molecule has 0 bridgehead atoms. The Morgan fingerprint density at radius 2 is 1.87 bits per heavy atom. The van der Waals surface area contributed by atoms with E-state index in [0.29, 0.717) is 23.7 Å². The summed E-state index contributed by atoms with van der Waals surface area (Å²) in [5.41, 5.74) is 4.04. The predicted octanol–water partition coefficient (Wildman–Crippen LogP) is 8.83. The summed E-state index contributed by atoms with van der Waals surface area (Å²) in [5.74, 6) is 1.43. The van der Waals surface area contributed by atoms with Crippen molar-refractivity contribution < 1.29 is 15.0 Å². The van der Waals surface area contributed by atoms with Gasteiger partial charge < -0.3 is 10.2 Å². The fourth-order valence-corrected chi connectivity index (χ4v) is 6.85. The lowest BCUT2D eigenvalue weighted by Gasteiger charge is -2.42. The zero-order valence-electron chi connectivity index (χ0n) is 25.1. The van der Waals surface area contributed by atoms with Crippen LogP contribution in [0.1, 0.15) is 118 Å². The van der Waals surface area contributed by atoms with E-state index >= 15 is 0 Å². The summed E-state index contributed by atoms with van der Waals surface area (Å²) >= 11 is 0. The zero-order valence-corrected chi connectivity index (χ0v) is 25.1. The lowest BCUT2D eigenvalue weighted by Crippen LogP contribution is -2.33. The lowest BCUT2D eigenvalue weighted by atomic mass is 9.63. The number of unbranched alkanes of at least 4 members (excludes halogenated alkanes) is 1. The average Bonchev–Trinajstić information content (AvgIpc) is 3.26. The molecule has 0 aromatic carbocycles. The van der Waals surface area contributed by atoms with E-state index in [2.05, 4.69) is 45.6 Å². The monoisotopic (exact) mass is 524 g/mol. The molecule has 6 unspecified atom stereocenters. The van der Waals surface area contributed by atoms with Crippen molar-refractivity contribution in [3.05, 3.63) is 59.8 Å². The lowest BCUT2D eigenvalue weighted by molar-refractivity contribution is -0.114. The summed E-state index contributed by atoms with van der Waals surface area (Å²) in [6, 6.07) is 0. The molecule has 0 aromatic heterocycles. The zero-order chi connectivity index (χ0) is 28.1. The molecule has 3 nitrogen and oxygen atoms in total. The third kappa shape index (κ3) is 8.65. The van der Waals surface area contributed by atoms with Gasteiger partial charge in [0, 0.05) is 12.3 Å². The molecule has 0 heterocycles. The first-order valence-corrected chi connectivity index (χ1v) is 15.6. The van der Waals surface area contributed by atoms with Gasteiger partial charge >= 0.3 is 0 Å². The summed E-state index contributed by atoms with van der Waals surface area (Å²) in [4.78, 5) is 12.0. The topological polar surface area (TPSA) is 57.5 Å². The van der Waals surface area contributed by atoms with Crippen LogP contribution in [0.15, 0.2) is 59.8 Å². The van der Waals surface area contributed by atoms with Crippen LogP contribution in [0.3, 0.4) is 0 Å². The number of carbonyl (C=O) groups excluding carboxylic acids is 1. The smallest absolute Gasteiger partial charge is 0.155 e. The standard InChI is InChI=1S/C33H50O3.C2H6/c1-5-7-14-29(34)21-19-25(6-2)32(36)16-9-13-28-20-22-30-27(12-10-23-33(28,30)4)18-17-26-11-8-15-31(35)24(26)3;1-2/h9,16-19,21,25,28,30-32,35-36H,3,5-8,10-15,20,22-23H2,1-2,4H3;1-2H3/b16-9+,21-19+,26-17-,27-18+;. The molecule has 0 amide bonds. The average molecular weight is 525 g/mol. The van der Waals surface area contributed by atoms with Gasteiger partial charge in [-0.1, -0.05) is 83.6 Å². The highest BCUT2D eigenvalue weighted by molar-refractivity contribution is 5.89. The molecule has 214 valence electrons. The second-order valence-corrected chi connectivity index (χ2v) is 11.7. The van der Waals surface area contributed by atoms with E-state index in [1.165, 1.54) is 37.7 Å². The van der Waals surface area contributed by atoms with Gasteiger partial charge in [-0.2, -0.15) is 0 Å². The Hall–Kier alpha value is -1.71. The van der Waals surface area contributed by atoms with Crippen molar-refractivity contribution in [3.63, 3.8) is 0 Å². The molecular formula is C35H56O3. The highest BCUT2D eigenvalue weighted by Gasteiger charge is 2.48. The molecule has 0 saturated heterocycles. The van der Waals surface area contributed by atoms with Crippen LogP contribution in [-0.4, -0.2) is 28.2 Å². The van der Waals surface area contributed by atoms with E-state index in [9.17, 15) is 15.0 Å². The number of fused-ring (bicyclic) bond motifs is 1. The maximum atomic E-state index is 12.0. The fourth-order valence-electron chi connectivity index (χ4n) is 6.85. The summed E-state index contributed by atoms with van der Waals surface area (Å²) < 4.78 is 0. The molecule has 0 radical (unpaired) electrons. The normalized spacial score (nSPS) is 31.4. The van der Waals surface area contributed by atoms with E-state index in [-0.39, 0.29) is 17.8 Å². The van der Waals surface area contributed by atoms with Crippen LogP contribution < -0.4 is 0 Å². The van der Waals surface area contributed by atoms with E-state index in [4.69, 9.17) is 0 Å². The van der Waals surface area contributed by atoms with Gasteiger partial charge in [-0.05, 0) is 105 Å². The Bertz CT molecular complexity index is 876. The van der Waals surface area contributed by atoms with Gasteiger partial charge in [-0.15, -0.1) is 0 Å². The third-order valence-corrected chi connectivity index (χ3v) is 9.37. The molecule has 2 N–H and O–H groups in total. The van der Waals surface area contributed by atoms with E-state index in [1.54, 1.807) is 11.6 Å². The highest BCUT2D eigenvalue weighted by atomic mass is 16.3. The maximum Gasteiger partial charge on any atom is 0.155 e. The molecule has 38 heavy (non-hydrogen) atoms. The second kappa shape index (κ2) is 16.4. The SMILES string of the molecule is C=C1/C(=C\C=C2/CCCC3(C)C(C/C=C/C(O)C(/C=C/C(=O)CCCC)CC)CCC23)CCCC1O.CC. The minimum atomic E-state index is -0.539. The van der Waals surface area contributed by atoms with Crippen molar-refractivity contribution in [2.45, 2.75) is 130 Å². The first kappa shape index (κ1) is 32.5. The van der Waals surface area contributed by atoms with Crippen LogP contribution in [0.25, 0.3) is 0 Å². The van der Waals surface area contributed by atoms with Gasteiger partial charge in [0.1, 0.15) is 0 Å². The summed E-state index contributed by atoms with van der Waals surface area (Å²) in [6.45, 7) is 14.8. The van der Waals surface area contributed by atoms with Gasteiger partial charge in [0.05, 0.1) is 12.2 Å².